The minimum absolute atomic E-state index is 0.188. The van der Waals surface area contributed by atoms with Gasteiger partial charge in [-0.15, -0.1) is 0 Å². The van der Waals surface area contributed by atoms with Crippen LogP contribution in [-0.4, -0.2) is 31.2 Å². The van der Waals surface area contributed by atoms with E-state index < -0.39 is 11.9 Å². The van der Waals surface area contributed by atoms with Gasteiger partial charge in [-0.25, -0.2) is 5.43 Å². The van der Waals surface area contributed by atoms with Crippen molar-refractivity contribution in [1.82, 2.24) is 10.7 Å². The fraction of sp³-hybridized carbons (Fsp3) is 0.286. The average Bonchev–Trinajstić information content (AvgIpc) is 2.67. The number of hydrogen-bond donors (Lipinski definition) is 2. The van der Waals surface area contributed by atoms with Crippen molar-refractivity contribution in [3.8, 4) is 5.75 Å². The van der Waals surface area contributed by atoms with E-state index in [1.807, 2.05) is 13.8 Å². The second-order valence-electron chi connectivity index (χ2n) is 6.78. The fourth-order valence-corrected chi connectivity index (χ4v) is 2.90. The molecule has 0 aromatic heterocycles. The van der Waals surface area contributed by atoms with E-state index in [1.165, 1.54) is 13.3 Å². The monoisotopic (exact) mass is 435 g/mol. The summed E-state index contributed by atoms with van der Waals surface area (Å²) in [4.78, 5) is 25.1. The highest BCUT2D eigenvalue weighted by atomic mass is 35.5. The molecule has 0 heterocycles. The molecule has 6 nitrogen and oxygen atoms in total. The molecule has 0 aliphatic carbocycles. The molecule has 0 aliphatic heterocycles. The van der Waals surface area contributed by atoms with Crippen molar-refractivity contribution in [3.63, 3.8) is 0 Å². The number of amides is 2. The molecule has 2 aromatic carbocycles. The Bertz CT molecular complexity index is 883. The predicted octanol–water partition coefficient (Wildman–Crippen LogP) is 4.30. The Balaban J connectivity index is 2.07. The number of hydrazone groups is 1. The van der Waals surface area contributed by atoms with Gasteiger partial charge in [0.1, 0.15) is 11.8 Å². The second-order valence-corrected chi connectivity index (χ2v) is 7.66. The maximum Gasteiger partial charge on any atom is 0.262 e. The van der Waals surface area contributed by atoms with Gasteiger partial charge in [-0.2, -0.15) is 5.10 Å². The zero-order valence-corrected chi connectivity index (χ0v) is 17.9. The number of nitrogens with one attached hydrogen (secondary N) is 2. The lowest BCUT2D eigenvalue weighted by molar-refractivity contribution is -0.123. The van der Waals surface area contributed by atoms with E-state index in [0.717, 1.165) is 0 Å². The number of methoxy groups -OCH3 is 1. The molecule has 0 aliphatic rings. The molecule has 8 heteroatoms. The maximum atomic E-state index is 12.6. The van der Waals surface area contributed by atoms with E-state index >= 15 is 0 Å². The smallest absolute Gasteiger partial charge is 0.262 e. The van der Waals surface area contributed by atoms with Gasteiger partial charge in [0.2, 0.25) is 0 Å². The van der Waals surface area contributed by atoms with Crippen LogP contribution in [0.2, 0.25) is 10.0 Å². The standard InChI is InChI=1S/C21H23Cl2N3O3/c1-13(2)10-18(25-20(27)14-4-6-16(22)7-5-14)21(28)26-24-12-15-11-17(23)8-9-19(15)29-3/h4-9,11-13,18H,10H2,1-3H3,(H,25,27)(H,26,28)/b24-12+. The van der Waals surface area contributed by atoms with Gasteiger partial charge in [0.15, 0.2) is 0 Å². The summed E-state index contributed by atoms with van der Waals surface area (Å²) >= 11 is 11.8. The summed E-state index contributed by atoms with van der Waals surface area (Å²) in [7, 11) is 1.53. The molecule has 0 saturated heterocycles. The molecule has 2 amide bonds. The van der Waals surface area contributed by atoms with Crippen LogP contribution in [-0.2, 0) is 4.79 Å². The maximum absolute atomic E-state index is 12.6. The third-order valence-corrected chi connectivity index (χ3v) is 4.49. The Labute approximate surface area is 180 Å². The molecule has 2 N–H and O–H groups in total. The molecule has 2 aromatic rings. The molecule has 29 heavy (non-hydrogen) atoms. The minimum atomic E-state index is -0.739. The van der Waals surface area contributed by atoms with E-state index in [0.29, 0.717) is 33.3 Å². The highest BCUT2D eigenvalue weighted by Crippen LogP contribution is 2.20. The Morgan fingerprint density at radius 3 is 2.38 bits per heavy atom. The van der Waals surface area contributed by atoms with Crippen LogP contribution in [0.4, 0.5) is 0 Å². The first kappa shape index (κ1) is 22.7. The molecule has 0 spiro atoms. The molecule has 2 rings (SSSR count). The molecule has 0 bridgehead atoms. The lowest BCUT2D eigenvalue weighted by atomic mass is 10.0. The lowest BCUT2D eigenvalue weighted by Crippen LogP contribution is -2.46. The van der Waals surface area contributed by atoms with Crippen LogP contribution in [0.3, 0.4) is 0 Å². The summed E-state index contributed by atoms with van der Waals surface area (Å²) in [5, 5.41) is 7.78. The molecule has 154 valence electrons. The average molecular weight is 436 g/mol. The molecule has 0 fully saturated rings. The lowest BCUT2D eigenvalue weighted by Gasteiger charge is -2.19. The summed E-state index contributed by atoms with van der Waals surface area (Å²) < 4.78 is 5.24. The van der Waals surface area contributed by atoms with Crippen molar-refractivity contribution >= 4 is 41.2 Å². The molecular weight excluding hydrogens is 413 g/mol. The highest BCUT2D eigenvalue weighted by Gasteiger charge is 2.22. The van der Waals surface area contributed by atoms with Crippen molar-refractivity contribution in [3.05, 3.63) is 63.6 Å². The number of nitrogens with zero attached hydrogens (tertiary/aromatic N) is 1. The third-order valence-electron chi connectivity index (χ3n) is 4.01. The van der Waals surface area contributed by atoms with Crippen LogP contribution in [0, 0.1) is 5.92 Å². The largest absolute Gasteiger partial charge is 0.496 e. The van der Waals surface area contributed by atoms with E-state index in [4.69, 9.17) is 27.9 Å². The van der Waals surface area contributed by atoms with E-state index in [1.54, 1.807) is 42.5 Å². The summed E-state index contributed by atoms with van der Waals surface area (Å²) in [6, 6.07) is 10.8. The van der Waals surface area contributed by atoms with E-state index in [2.05, 4.69) is 15.8 Å². The van der Waals surface area contributed by atoms with Crippen molar-refractivity contribution in [2.75, 3.05) is 7.11 Å². The number of benzene rings is 2. The molecule has 1 atom stereocenters. The topological polar surface area (TPSA) is 79.8 Å². The second kappa shape index (κ2) is 10.8. The van der Waals surface area contributed by atoms with E-state index in [9.17, 15) is 9.59 Å². The van der Waals surface area contributed by atoms with Crippen molar-refractivity contribution in [2.24, 2.45) is 11.0 Å². The molecule has 1 unspecified atom stereocenters. The van der Waals surface area contributed by atoms with Crippen LogP contribution in [0.5, 0.6) is 5.75 Å². The first-order valence-corrected chi connectivity index (χ1v) is 9.78. The van der Waals surface area contributed by atoms with Gasteiger partial charge >= 0.3 is 0 Å². The summed E-state index contributed by atoms with van der Waals surface area (Å²) in [6.07, 6.45) is 1.90. The number of hydrogen-bond acceptors (Lipinski definition) is 4. The van der Waals surface area contributed by atoms with Crippen molar-refractivity contribution in [2.45, 2.75) is 26.3 Å². The van der Waals surface area contributed by atoms with Gasteiger partial charge in [-0.05, 0) is 54.8 Å². The van der Waals surface area contributed by atoms with Crippen LogP contribution in [0.15, 0.2) is 47.6 Å². The minimum Gasteiger partial charge on any atom is -0.496 e. The van der Waals surface area contributed by atoms with Gasteiger partial charge in [-0.3, -0.25) is 9.59 Å². The SMILES string of the molecule is COc1ccc(Cl)cc1/C=N/NC(=O)C(CC(C)C)NC(=O)c1ccc(Cl)cc1. The Hall–Kier alpha value is -2.57. The fourth-order valence-electron chi connectivity index (χ4n) is 2.60. The Kier molecular flexibility index (Phi) is 8.49. The predicted molar refractivity (Wildman–Crippen MR) is 116 cm³/mol. The number of ether oxygens (including phenoxy) is 1. The number of rotatable bonds is 8. The zero-order chi connectivity index (χ0) is 21.4. The van der Waals surface area contributed by atoms with Crippen LogP contribution in [0.1, 0.15) is 36.2 Å². The number of carbonyl (C=O) groups excluding carboxylic acids is 2. The Morgan fingerprint density at radius 1 is 1.10 bits per heavy atom. The Morgan fingerprint density at radius 2 is 1.76 bits per heavy atom. The van der Waals surface area contributed by atoms with Crippen molar-refractivity contribution < 1.29 is 14.3 Å². The highest BCUT2D eigenvalue weighted by molar-refractivity contribution is 6.31. The van der Waals surface area contributed by atoms with Crippen molar-refractivity contribution in [1.29, 1.82) is 0 Å². The summed E-state index contributed by atoms with van der Waals surface area (Å²) in [5.74, 6) is -0.0170. The number of carbonyl (C=O) groups is 2. The van der Waals surface area contributed by atoms with Gasteiger partial charge in [-0.1, -0.05) is 37.0 Å². The molecular formula is C21H23Cl2N3O3. The van der Waals surface area contributed by atoms with Crippen LogP contribution >= 0.6 is 23.2 Å². The normalized spacial score (nSPS) is 12.1. The number of halogens is 2. The summed E-state index contributed by atoms with van der Waals surface area (Å²) in [5.41, 5.74) is 3.51. The first-order valence-electron chi connectivity index (χ1n) is 9.03. The van der Waals surface area contributed by atoms with Gasteiger partial charge in [0, 0.05) is 21.2 Å². The first-order chi connectivity index (χ1) is 13.8. The van der Waals surface area contributed by atoms with E-state index in [-0.39, 0.29) is 11.8 Å². The van der Waals surface area contributed by atoms with Crippen LogP contribution in [0.25, 0.3) is 0 Å². The summed E-state index contributed by atoms with van der Waals surface area (Å²) in [6.45, 7) is 3.93. The zero-order valence-electron chi connectivity index (χ0n) is 16.4. The van der Waals surface area contributed by atoms with Gasteiger partial charge < -0.3 is 10.1 Å². The molecule has 0 saturated carbocycles. The van der Waals surface area contributed by atoms with Crippen LogP contribution < -0.4 is 15.5 Å². The van der Waals surface area contributed by atoms with Gasteiger partial charge in [0.25, 0.3) is 11.8 Å². The third kappa shape index (κ3) is 7.07. The quantitative estimate of drug-likeness (QED) is 0.479. The molecule has 0 radical (unpaired) electrons. The van der Waals surface area contributed by atoms with Gasteiger partial charge in [0.05, 0.1) is 13.3 Å².